The number of amides is 3. The van der Waals surface area contributed by atoms with Gasteiger partial charge in [-0.05, 0) is 38.0 Å². The third kappa shape index (κ3) is 4.39. The van der Waals surface area contributed by atoms with Gasteiger partial charge in [-0.15, -0.1) is 0 Å². The lowest BCUT2D eigenvalue weighted by Gasteiger charge is -2.32. The Bertz CT molecular complexity index is 804. The van der Waals surface area contributed by atoms with Crippen molar-refractivity contribution in [3.63, 3.8) is 0 Å². The number of nitrogens with zero attached hydrogens (tertiary/aromatic N) is 2. The maximum atomic E-state index is 12.9. The highest BCUT2D eigenvalue weighted by atomic mass is 16.5. The van der Waals surface area contributed by atoms with Crippen LogP contribution < -0.4 is 15.4 Å². The average Bonchev–Trinajstić information content (AvgIpc) is 3.15. The first kappa shape index (κ1) is 18.8. The number of H-pyrrole nitrogens is 1. The number of benzene rings is 1. The number of hydrogen-bond donors (Lipinski definition) is 3. The van der Waals surface area contributed by atoms with E-state index < -0.39 is 0 Å². The summed E-state index contributed by atoms with van der Waals surface area (Å²) in [6.07, 6.45) is 3.42. The molecule has 2 heterocycles. The predicted octanol–water partition coefficient (Wildman–Crippen LogP) is 2.58. The zero-order chi connectivity index (χ0) is 19.2. The van der Waals surface area contributed by atoms with E-state index in [-0.39, 0.29) is 17.9 Å². The van der Waals surface area contributed by atoms with E-state index in [1.165, 1.54) is 0 Å². The van der Waals surface area contributed by atoms with Gasteiger partial charge in [0, 0.05) is 31.1 Å². The van der Waals surface area contributed by atoms with Gasteiger partial charge in [-0.2, -0.15) is 5.10 Å². The number of carbonyl (C=O) groups is 2. The second-order valence-corrected chi connectivity index (χ2v) is 6.50. The van der Waals surface area contributed by atoms with Crippen LogP contribution in [0.2, 0.25) is 0 Å². The van der Waals surface area contributed by atoms with Gasteiger partial charge in [-0.3, -0.25) is 9.89 Å². The molecular formula is C19H25N5O3. The molecule has 3 rings (SSSR count). The van der Waals surface area contributed by atoms with E-state index >= 15 is 0 Å². The number of rotatable bonds is 5. The summed E-state index contributed by atoms with van der Waals surface area (Å²) in [5.74, 6) is 0.737. The Morgan fingerprint density at radius 1 is 1.41 bits per heavy atom. The van der Waals surface area contributed by atoms with Crippen LogP contribution in [0, 0.1) is 0 Å². The molecule has 1 aliphatic rings. The quantitative estimate of drug-likeness (QED) is 0.752. The number of hydrogen-bond acceptors (Lipinski definition) is 4. The summed E-state index contributed by atoms with van der Waals surface area (Å²) in [6.45, 7) is 3.69. The zero-order valence-electron chi connectivity index (χ0n) is 15.6. The fraction of sp³-hybridized carbons (Fsp3) is 0.421. The number of methoxy groups -OCH3 is 1. The minimum Gasteiger partial charge on any atom is -0.497 e. The number of carbonyl (C=O) groups excluding carboxylic acids is 2. The second kappa shape index (κ2) is 8.57. The predicted molar refractivity (Wildman–Crippen MR) is 102 cm³/mol. The molecule has 1 aromatic heterocycles. The van der Waals surface area contributed by atoms with Crippen LogP contribution in [0.5, 0.6) is 5.75 Å². The van der Waals surface area contributed by atoms with Crippen molar-refractivity contribution >= 4 is 17.6 Å². The summed E-state index contributed by atoms with van der Waals surface area (Å²) in [6, 6.07) is 6.92. The van der Waals surface area contributed by atoms with Gasteiger partial charge in [-0.1, -0.05) is 6.07 Å². The first-order chi connectivity index (χ1) is 13.1. The van der Waals surface area contributed by atoms with Crippen molar-refractivity contribution in [2.24, 2.45) is 0 Å². The van der Waals surface area contributed by atoms with E-state index in [0.717, 1.165) is 18.5 Å². The summed E-state index contributed by atoms with van der Waals surface area (Å²) < 4.78 is 5.21. The Balaban J connectivity index is 1.72. The molecule has 3 N–H and O–H groups in total. The lowest BCUT2D eigenvalue weighted by Crippen LogP contribution is -2.39. The molecule has 0 bridgehead atoms. The molecule has 0 aliphatic carbocycles. The normalized spacial score (nSPS) is 16.7. The van der Waals surface area contributed by atoms with Crippen LogP contribution in [-0.4, -0.2) is 53.8 Å². The van der Waals surface area contributed by atoms with E-state index in [1.54, 1.807) is 25.4 Å². The van der Waals surface area contributed by atoms with Gasteiger partial charge in [0.05, 0.1) is 24.7 Å². The Labute approximate surface area is 158 Å². The molecule has 3 amide bonds. The highest BCUT2D eigenvalue weighted by molar-refractivity contribution is 5.94. The third-order valence-electron chi connectivity index (χ3n) is 4.69. The summed E-state index contributed by atoms with van der Waals surface area (Å²) in [5, 5.41) is 12.6. The molecule has 1 fully saturated rings. The molecular weight excluding hydrogens is 346 g/mol. The van der Waals surface area contributed by atoms with E-state index in [9.17, 15) is 9.59 Å². The lowest BCUT2D eigenvalue weighted by molar-refractivity contribution is 0.0705. The number of nitrogens with one attached hydrogen (secondary N) is 3. The average molecular weight is 371 g/mol. The number of urea groups is 1. The monoisotopic (exact) mass is 371 g/mol. The van der Waals surface area contributed by atoms with Crippen molar-refractivity contribution in [2.75, 3.05) is 32.1 Å². The Morgan fingerprint density at radius 2 is 2.26 bits per heavy atom. The van der Waals surface area contributed by atoms with Gasteiger partial charge in [0.15, 0.2) is 0 Å². The molecule has 1 atom stereocenters. The molecule has 1 saturated heterocycles. The Kier molecular flexibility index (Phi) is 5.95. The maximum Gasteiger partial charge on any atom is 0.319 e. The summed E-state index contributed by atoms with van der Waals surface area (Å²) in [4.78, 5) is 26.6. The van der Waals surface area contributed by atoms with Crippen LogP contribution in [0.25, 0.3) is 0 Å². The molecule has 1 aromatic carbocycles. The SMILES string of the molecule is CCNC(=O)Nc1cn[nH]c1C1CCCN(C(=O)c2cccc(OC)c2)C1. The highest BCUT2D eigenvalue weighted by Gasteiger charge is 2.28. The Hall–Kier alpha value is -3.03. The van der Waals surface area contributed by atoms with Crippen molar-refractivity contribution in [2.45, 2.75) is 25.7 Å². The van der Waals surface area contributed by atoms with Gasteiger partial charge in [0.25, 0.3) is 5.91 Å². The van der Waals surface area contributed by atoms with Crippen molar-refractivity contribution < 1.29 is 14.3 Å². The van der Waals surface area contributed by atoms with E-state index in [2.05, 4.69) is 20.8 Å². The molecule has 0 radical (unpaired) electrons. The van der Waals surface area contributed by atoms with Crippen molar-refractivity contribution in [3.05, 3.63) is 41.7 Å². The molecule has 8 heteroatoms. The third-order valence-corrected chi connectivity index (χ3v) is 4.69. The van der Waals surface area contributed by atoms with Gasteiger partial charge < -0.3 is 20.3 Å². The fourth-order valence-corrected chi connectivity index (χ4v) is 3.37. The number of likely N-dealkylation sites (tertiary alicyclic amines) is 1. The molecule has 1 unspecified atom stereocenters. The molecule has 144 valence electrons. The first-order valence-electron chi connectivity index (χ1n) is 9.13. The second-order valence-electron chi connectivity index (χ2n) is 6.50. The van der Waals surface area contributed by atoms with E-state index in [1.807, 2.05) is 24.0 Å². The van der Waals surface area contributed by atoms with Gasteiger partial charge >= 0.3 is 6.03 Å². The number of anilines is 1. The summed E-state index contributed by atoms with van der Waals surface area (Å²) in [7, 11) is 1.59. The molecule has 0 spiro atoms. The van der Waals surface area contributed by atoms with Crippen LogP contribution in [0.15, 0.2) is 30.5 Å². The van der Waals surface area contributed by atoms with Crippen LogP contribution in [-0.2, 0) is 0 Å². The minimum absolute atomic E-state index is 0.0173. The number of aromatic amines is 1. The molecule has 0 saturated carbocycles. The zero-order valence-corrected chi connectivity index (χ0v) is 15.6. The van der Waals surface area contributed by atoms with Crippen LogP contribution in [0.3, 0.4) is 0 Å². The smallest absolute Gasteiger partial charge is 0.319 e. The molecule has 8 nitrogen and oxygen atoms in total. The minimum atomic E-state index is -0.264. The van der Waals surface area contributed by atoms with Crippen molar-refractivity contribution in [1.29, 1.82) is 0 Å². The molecule has 1 aliphatic heterocycles. The fourth-order valence-electron chi connectivity index (χ4n) is 3.37. The van der Waals surface area contributed by atoms with Gasteiger partial charge in [-0.25, -0.2) is 4.79 Å². The maximum absolute atomic E-state index is 12.9. The number of aromatic nitrogens is 2. The topological polar surface area (TPSA) is 99.4 Å². The lowest BCUT2D eigenvalue weighted by atomic mass is 9.93. The Morgan fingerprint density at radius 3 is 3.04 bits per heavy atom. The van der Waals surface area contributed by atoms with Crippen LogP contribution >= 0.6 is 0 Å². The summed E-state index contributed by atoms with van der Waals surface area (Å²) >= 11 is 0. The van der Waals surface area contributed by atoms with E-state index in [0.29, 0.717) is 36.6 Å². The molecule has 27 heavy (non-hydrogen) atoms. The number of piperidine rings is 1. The van der Waals surface area contributed by atoms with Gasteiger partial charge in [0.1, 0.15) is 5.75 Å². The number of ether oxygens (including phenoxy) is 1. The van der Waals surface area contributed by atoms with Crippen molar-refractivity contribution in [1.82, 2.24) is 20.4 Å². The highest BCUT2D eigenvalue weighted by Crippen LogP contribution is 2.31. The van der Waals surface area contributed by atoms with E-state index in [4.69, 9.17) is 4.74 Å². The molecule has 2 aromatic rings. The van der Waals surface area contributed by atoms with Crippen molar-refractivity contribution in [3.8, 4) is 5.75 Å². The summed E-state index contributed by atoms with van der Waals surface area (Å²) in [5.41, 5.74) is 2.12. The standard InChI is InChI=1S/C19H25N5O3/c1-3-20-19(26)22-16-11-21-23-17(16)14-7-5-9-24(12-14)18(25)13-6-4-8-15(10-13)27-2/h4,6,8,10-11,14H,3,5,7,9,12H2,1-2H3,(H,21,23)(H2,20,22,26). The van der Waals surface area contributed by atoms with Crippen LogP contribution in [0.4, 0.5) is 10.5 Å². The van der Waals surface area contributed by atoms with Gasteiger partial charge in [0.2, 0.25) is 0 Å². The van der Waals surface area contributed by atoms with Crippen LogP contribution in [0.1, 0.15) is 41.7 Å². The first-order valence-corrected chi connectivity index (χ1v) is 9.13. The largest absolute Gasteiger partial charge is 0.497 e.